The molecule has 1 aliphatic rings. The van der Waals surface area contributed by atoms with E-state index in [0.717, 1.165) is 23.4 Å². The number of likely N-dealkylation sites (tertiary alicyclic amines) is 1. The molecule has 1 aliphatic heterocycles. The van der Waals surface area contributed by atoms with Crippen LogP contribution in [0.15, 0.2) is 0 Å². The van der Waals surface area contributed by atoms with Crippen LogP contribution in [0.4, 0.5) is 0 Å². The molecule has 6 heteroatoms. The second-order valence-corrected chi connectivity index (χ2v) is 5.23. The van der Waals surface area contributed by atoms with Crippen molar-refractivity contribution in [1.82, 2.24) is 15.1 Å². The van der Waals surface area contributed by atoms with Gasteiger partial charge in [-0.1, -0.05) is 6.92 Å². The first-order chi connectivity index (χ1) is 8.91. The monoisotopic (exact) mass is 265 g/mol. The highest BCUT2D eigenvalue weighted by Gasteiger charge is 2.39. The lowest BCUT2D eigenvalue weighted by atomic mass is 10.0. The Morgan fingerprint density at radius 3 is 2.68 bits per heavy atom. The van der Waals surface area contributed by atoms with E-state index < -0.39 is 12.0 Å². The van der Waals surface area contributed by atoms with Crippen molar-refractivity contribution in [3.8, 4) is 0 Å². The lowest BCUT2D eigenvalue weighted by molar-refractivity contribution is -0.149. The van der Waals surface area contributed by atoms with Gasteiger partial charge in [0.15, 0.2) is 0 Å². The number of carbonyl (C=O) groups excluding carboxylic acids is 1. The summed E-state index contributed by atoms with van der Waals surface area (Å²) in [7, 11) is 0. The van der Waals surface area contributed by atoms with Gasteiger partial charge in [-0.15, -0.1) is 0 Å². The van der Waals surface area contributed by atoms with Crippen LogP contribution in [-0.4, -0.2) is 44.7 Å². The van der Waals surface area contributed by atoms with Crippen molar-refractivity contribution in [2.45, 2.75) is 39.7 Å². The molecule has 0 radical (unpaired) electrons. The molecule has 19 heavy (non-hydrogen) atoms. The van der Waals surface area contributed by atoms with Gasteiger partial charge >= 0.3 is 5.97 Å². The second-order valence-electron chi connectivity index (χ2n) is 5.23. The molecule has 1 amide bonds. The fraction of sp³-hybridized carbons (Fsp3) is 0.615. The van der Waals surface area contributed by atoms with Crippen molar-refractivity contribution in [3.05, 3.63) is 17.0 Å². The number of nitrogens with one attached hydrogen (secondary N) is 1. The average Bonchev–Trinajstić information content (AvgIpc) is 2.86. The van der Waals surface area contributed by atoms with Gasteiger partial charge in [-0.25, -0.2) is 4.79 Å². The standard InChI is InChI=1S/C13H19N3O3/c1-7-4-5-16(12(7)13(18)19)11(17)6-10-8(2)14-15-9(10)3/h7,12H,4-6H2,1-3H3,(H,14,15)(H,18,19). The van der Waals surface area contributed by atoms with E-state index in [-0.39, 0.29) is 18.2 Å². The summed E-state index contributed by atoms with van der Waals surface area (Å²) in [5, 5.41) is 16.1. The molecule has 0 aromatic carbocycles. The van der Waals surface area contributed by atoms with Crippen molar-refractivity contribution in [2.75, 3.05) is 6.54 Å². The number of nitrogens with zero attached hydrogens (tertiary/aromatic N) is 2. The molecule has 0 saturated carbocycles. The quantitative estimate of drug-likeness (QED) is 0.849. The van der Waals surface area contributed by atoms with Crippen LogP contribution in [0.1, 0.15) is 30.3 Å². The van der Waals surface area contributed by atoms with Crippen LogP contribution >= 0.6 is 0 Å². The van der Waals surface area contributed by atoms with E-state index in [4.69, 9.17) is 0 Å². The number of carbonyl (C=O) groups is 2. The Kier molecular flexibility index (Phi) is 3.59. The molecule has 0 bridgehead atoms. The van der Waals surface area contributed by atoms with Gasteiger partial charge in [0.05, 0.1) is 12.1 Å². The first-order valence-electron chi connectivity index (χ1n) is 6.44. The van der Waals surface area contributed by atoms with E-state index in [0.29, 0.717) is 6.54 Å². The Bertz CT molecular complexity index is 490. The maximum Gasteiger partial charge on any atom is 0.326 e. The highest BCUT2D eigenvalue weighted by atomic mass is 16.4. The van der Waals surface area contributed by atoms with E-state index in [2.05, 4.69) is 10.2 Å². The molecule has 2 N–H and O–H groups in total. The Morgan fingerprint density at radius 1 is 1.47 bits per heavy atom. The van der Waals surface area contributed by atoms with Gasteiger partial charge in [-0.3, -0.25) is 9.89 Å². The number of aromatic nitrogens is 2. The maximum absolute atomic E-state index is 12.3. The maximum atomic E-state index is 12.3. The minimum atomic E-state index is -0.918. The van der Waals surface area contributed by atoms with Gasteiger partial charge in [0.25, 0.3) is 0 Å². The summed E-state index contributed by atoms with van der Waals surface area (Å²) in [6, 6.07) is -0.694. The number of aryl methyl sites for hydroxylation is 2. The Hall–Kier alpha value is -1.85. The Morgan fingerprint density at radius 2 is 2.16 bits per heavy atom. The third kappa shape index (κ3) is 2.47. The SMILES string of the molecule is Cc1n[nH]c(C)c1CC(=O)N1CCC(C)C1C(=O)O. The van der Waals surface area contributed by atoms with Gasteiger partial charge in [0.1, 0.15) is 6.04 Å². The van der Waals surface area contributed by atoms with Crippen LogP contribution in [0.2, 0.25) is 0 Å². The fourth-order valence-corrected chi connectivity index (χ4v) is 2.69. The fourth-order valence-electron chi connectivity index (χ4n) is 2.69. The lowest BCUT2D eigenvalue weighted by Gasteiger charge is -2.23. The molecule has 0 spiro atoms. The molecule has 1 saturated heterocycles. The molecule has 1 aromatic heterocycles. The lowest BCUT2D eigenvalue weighted by Crippen LogP contribution is -2.43. The summed E-state index contributed by atoms with van der Waals surface area (Å²) in [6.45, 7) is 6.10. The van der Waals surface area contributed by atoms with E-state index in [1.54, 1.807) is 0 Å². The number of amides is 1. The summed E-state index contributed by atoms with van der Waals surface area (Å²) < 4.78 is 0. The number of H-pyrrole nitrogens is 1. The number of hydrogen-bond donors (Lipinski definition) is 2. The van der Waals surface area contributed by atoms with Gasteiger partial charge in [-0.05, 0) is 26.2 Å². The highest BCUT2D eigenvalue weighted by molar-refractivity contribution is 5.86. The molecule has 2 rings (SSSR count). The zero-order valence-electron chi connectivity index (χ0n) is 11.4. The third-order valence-electron chi connectivity index (χ3n) is 3.88. The summed E-state index contributed by atoms with van der Waals surface area (Å²) in [5.74, 6) is -1.05. The van der Waals surface area contributed by atoms with Crippen LogP contribution in [-0.2, 0) is 16.0 Å². The first-order valence-corrected chi connectivity index (χ1v) is 6.44. The minimum absolute atomic E-state index is 0.00740. The molecule has 104 valence electrons. The minimum Gasteiger partial charge on any atom is -0.480 e. The van der Waals surface area contributed by atoms with Gasteiger partial charge in [-0.2, -0.15) is 5.10 Å². The molecular formula is C13H19N3O3. The molecule has 2 unspecified atom stereocenters. The Balaban J connectivity index is 2.14. The van der Waals surface area contributed by atoms with Crippen molar-refractivity contribution < 1.29 is 14.7 Å². The first kappa shape index (κ1) is 13.6. The van der Waals surface area contributed by atoms with Gasteiger partial charge < -0.3 is 10.0 Å². The van der Waals surface area contributed by atoms with Gasteiger partial charge in [0, 0.05) is 17.8 Å². The smallest absolute Gasteiger partial charge is 0.326 e. The number of hydrogen-bond acceptors (Lipinski definition) is 3. The zero-order valence-corrected chi connectivity index (χ0v) is 11.4. The average molecular weight is 265 g/mol. The van der Waals surface area contributed by atoms with Crippen LogP contribution in [0.5, 0.6) is 0 Å². The number of aromatic amines is 1. The molecule has 2 heterocycles. The zero-order chi connectivity index (χ0) is 14.2. The van der Waals surface area contributed by atoms with Crippen LogP contribution in [0.3, 0.4) is 0 Å². The van der Waals surface area contributed by atoms with Crippen molar-refractivity contribution >= 4 is 11.9 Å². The third-order valence-corrected chi connectivity index (χ3v) is 3.88. The number of rotatable bonds is 3. The molecule has 1 fully saturated rings. The molecule has 1 aromatic rings. The van der Waals surface area contributed by atoms with Crippen molar-refractivity contribution in [1.29, 1.82) is 0 Å². The van der Waals surface area contributed by atoms with E-state index in [1.807, 2.05) is 20.8 Å². The molecule has 0 aliphatic carbocycles. The summed E-state index contributed by atoms with van der Waals surface area (Å²) in [5.41, 5.74) is 2.53. The predicted molar refractivity (Wildman–Crippen MR) is 68.7 cm³/mol. The van der Waals surface area contributed by atoms with Crippen LogP contribution in [0.25, 0.3) is 0 Å². The van der Waals surface area contributed by atoms with Crippen molar-refractivity contribution in [2.24, 2.45) is 5.92 Å². The van der Waals surface area contributed by atoms with E-state index >= 15 is 0 Å². The van der Waals surface area contributed by atoms with Crippen LogP contribution < -0.4 is 0 Å². The number of carboxylic acids is 1. The largest absolute Gasteiger partial charge is 0.480 e. The van der Waals surface area contributed by atoms with E-state index in [9.17, 15) is 14.7 Å². The topological polar surface area (TPSA) is 86.3 Å². The summed E-state index contributed by atoms with van der Waals surface area (Å²) >= 11 is 0. The molecule has 2 atom stereocenters. The number of aliphatic carboxylic acids is 1. The summed E-state index contributed by atoms with van der Waals surface area (Å²) in [6.07, 6.45) is 0.955. The van der Waals surface area contributed by atoms with E-state index in [1.165, 1.54) is 4.90 Å². The second kappa shape index (κ2) is 5.03. The number of carboxylic acid groups (broad SMARTS) is 1. The van der Waals surface area contributed by atoms with Gasteiger partial charge in [0.2, 0.25) is 5.91 Å². The Labute approximate surface area is 111 Å². The predicted octanol–water partition coefficient (Wildman–Crippen LogP) is 0.891. The summed E-state index contributed by atoms with van der Waals surface area (Å²) in [4.78, 5) is 25.0. The molecular weight excluding hydrogens is 246 g/mol. The molecule has 6 nitrogen and oxygen atoms in total. The normalized spacial score (nSPS) is 22.8. The highest BCUT2D eigenvalue weighted by Crippen LogP contribution is 2.25. The van der Waals surface area contributed by atoms with Crippen LogP contribution in [0, 0.1) is 19.8 Å². The van der Waals surface area contributed by atoms with Crippen molar-refractivity contribution in [3.63, 3.8) is 0 Å².